The molecule has 0 radical (unpaired) electrons. The van der Waals surface area contributed by atoms with Crippen LogP contribution in [0.25, 0.3) is 0 Å². The molecule has 9 heteroatoms. The number of amides is 2. The summed E-state index contributed by atoms with van der Waals surface area (Å²) in [5, 5.41) is 10.6. The lowest BCUT2D eigenvalue weighted by atomic mass is 10.1. The number of methoxy groups -OCH3 is 1. The largest absolute Gasteiger partial charge is 0.497 e. The van der Waals surface area contributed by atoms with E-state index in [1.54, 1.807) is 35.9 Å². The van der Waals surface area contributed by atoms with Crippen LogP contribution in [0.2, 0.25) is 0 Å². The number of thioether (sulfide) groups is 1. The Hall–Kier alpha value is -3.33. The van der Waals surface area contributed by atoms with E-state index in [2.05, 4.69) is 15.5 Å². The second-order valence-corrected chi connectivity index (χ2v) is 8.00. The van der Waals surface area contributed by atoms with Crippen LogP contribution in [-0.4, -0.2) is 41.9 Å². The van der Waals surface area contributed by atoms with E-state index in [9.17, 15) is 9.59 Å². The summed E-state index contributed by atoms with van der Waals surface area (Å²) in [6.07, 6.45) is 2.46. The Balaban J connectivity index is 1.36. The molecule has 2 heterocycles. The fraction of sp³-hybridized carbons (Fsp3) is 0.273. The van der Waals surface area contributed by atoms with Crippen LogP contribution in [0.4, 0.5) is 11.7 Å². The number of ether oxygens (including phenoxy) is 1. The summed E-state index contributed by atoms with van der Waals surface area (Å²) < 4.78 is 10.7. The van der Waals surface area contributed by atoms with Crippen molar-refractivity contribution in [2.75, 3.05) is 30.1 Å². The highest BCUT2D eigenvalue weighted by Crippen LogP contribution is 2.32. The number of benzene rings is 2. The summed E-state index contributed by atoms with van der Waals surface area (Å²) >= 11 is 1.65. The second-order valence-electron chi connectivity index (χ2n) is 7.12. The molecule has 160 valence electrons. The molecule has 1 aliphatic heterocycles. The number of hydrogen-bond acceptors (Lipinski definition) is 7. The smallest absolute Gasteiger partial charge is 0.322 e. The van der Waals surface area contributed by atoms with Crippen molar-refractivity contribution in [3.8, 4) is 5.75 Å². The third kappa shape index (κ3) is 4.88. The molecule has 1 aliphatic rings. The molecule has 1 N–H and O–H groups in total. The Morgan fingerprint density at radius 3 is 2.61 bits per heavy atom. The number of carbonyl (C=O) groups is 2. The fourth-order valence-electron chi connectivity index (χ4n) is 3.43. The number of nitrogens with one attached hydrogen (secondary N) is 1. The first kappa shape index (κ1) is 20.9. The van der Waals surface area contributed by atoms with Crippen molar-refractivity contribution in [2.45, 2.75) is 23.7 Å². The van der Waals surface area contributed by atoms with E-state index in [0.29, 0.717) is 12.4 Å². The molecule has 0 aliphatic carbocycles. The first-order chi connectivity index (χ1) is 15.1. The maximum absolute atomic E-state index is 12.5. The Labute approximate surface area is 184 Å². The molecule has 0 bridgehead atoms. The standard InChI is InChI=1S/C22H22N4O4S/c1-29-17-7-3-14(4-8-17)11-19(27)23-22-25-24-21(30-22)15-12-20(28)26(13-15)16-5-9-18(31-2)10-6-16/h3-10,15H,11-13H2,1-2H3,(H,23,25,27)/t15-/m1/s1. The van der Waals surface area contributed by atoms with Crippen LogP contribution in [-0.2, 0) is 16.0 Å². The molecule has 0 spiro atoms. The predicted molar refractivity (Wildman–Crippen MR) is 118 cm³/mol. The second kappa shape index (κ2) is 9.22. The predicted octanol–water partition coefficient (Wildman–Crippen LogP) is 3.50. The van der Waals surface area contributed by atoms with E-state index in [-0.39, 0.29) is 36.6 Å². The lowest BCUT2D eigenvalue weighted by Crippen LogP contribution is -2.24. The Bertz CT molecular complexity index is 1070. The van der Waals surface area contributed by atoms with Gasteiger partial charge in [0.05, 0.1) is 19.4 Å². The number of hydrogen-bond donors (Lipinski definition) is 1. The Morgan fingerprint density at radius 1 is 1.19 bits per heavy atom. The van der Waals surface area contributed by atoms with Gasteiger partial charge in [-0.2, -0.15) is 0 Å². The van der Waals surface area contributed by atoms with Gasteiger partial charge in [0.15, 0.2) is 0 Å². The first-order valence-electron chi connectivity index (χ1n) is 9.76. The van der Waals surface area contributed by atoms with Crippen LogP contribution in [0.15, 0.2) is 57.8 Å². The lowest BCUT2D eigenvalue weighted by Gasteiger charge is -2.16. The fourth-order valence-corrected chi connectivity index (χ4v) is 3.84. The minimum absolute atomic E-state index is 0.00481. The van der Waals surface area contributed by atoms with Crippen molar-refractivity contribution in [1.29, 1.82) is 0 Å². The SMILES string of the molecule is COc1ccc(CC(=O)Nc2nnc([C@@H]3CC(=O)N(c4ccc(SC)cc4)C3)o2)cc1. The lowest BCUT2D eigenvalue weighted by molar-refractivity contribution is -0.117. The normalized spacial score (nSPS) is 15.9. The highest BCUT2D eigenvalue weighted by atomic mass is 32.2. The minimum Gasteiger partial charge on any atom is -0.497 e. The molecule has 0 unspecified atom stereocenters. The minimum atomic E-state index is -0.265. The van der Waals surface area contributed by atoms with Gasteiger partial charge in [-0.15, -0.1) is 16.9 Å². The maximum Gasteiger partial charge on any atom is 0.322 e. The summed E-state index contributed by atoms with van der Waals surface area (Å²) in [6.45, 7) is 0.457. The molecule has 8 nitrogen and oxygen atoms in total. The van der Waals surface area contributed by atoms with Gasteiger partial charge >= 0.3 is 6.01 Å². The molecular weight excluding hydrogens is 416 g/mol. The number of nitrogens with zero attached hydrogens (tertiary/aromatic N) is 3. The van der Waals surface area contributed by atoms with Crippen LogP contribution in [0.1, 0.15) is 23.8 Å². The average Bonchev–Trinajstić information content (AvgIpc) is 3.41. The third-order valence-electron chi connectivity index (χ3n) is 5.07. The first-order valence-corrected chi connectivity index (χ1v) is 11.0. The van der Waals surface area contributed by atoms with Gasteiger partial charge in [-0.25, -0.2) is 0 Å². The molecule has 2 amide bonds. The van der Waals surface area contributed by atoms with Crippen molar-refractivity contribution >= 4 is 35.3 Å². The Kier molecular flexibility index (Phi) is 6.22. The van der Waals surface area contributed by atoms with E-state index in [1.807, 2.05) is 42.7 Å². The van der Waals surface area contributed by atoms with Crippen LogP contribution < -0.4 is 15.0 Å². The molecule has 1 atom stereocenters. The highest BCUT2D eigenvalue weighted by molar-refractivity contribution is 7.98. The van der Waals surface area contributed by atoms with Gasteiger partial charge in [-0.1, -0.05) is 17.2 Å². The summed E-state index contributed by atoms with van der Waals surface area (Å²) in [5.41, 5.74) is 1.68. The zero-order chi connectivity index (χ0) is 21.8. The Morgan fingerprint density at radius 2 is 1.94 bits per heavy atom. The topological polar surface area (TPSA) is 97.6 Å². The van der Waals surface area contributed by atoms with Crippen molar-refractivity contribution in [3.63, 3.8) is 0 Å². The highest BCUT2D eigenvalue weighted by Gasteiger charge is 2.35. The van der Waals surface area contributed by atoms with Crippen molar-refractivity contribution in [1.82, 2.24) is 10.2 Å². The molecule has 2 aromatic carbocycles. The molecule has 31 heavy (non-hydrogen) atoms. The monoisotopic (exact) mass is 438 g/mol. The molecular formula is C22H22N4O4S. The van der Waals surface area contributed by atoms with Crippen LogP contribution >= 0.6 is 11.8 Å². The number of carbonyl (C=O) groups excluding carboxylic acids is 2. The van der Waals surface area contributed by atoms with Gasteiger partial charge in [0.2, 0.25) is 17.7 Å². The van der Waals surface area contributed by atoms with Crippen LogP contribution in [0.3, 0.4) is 0 Å². The van der Waals surface area contributed by atoms with Gasteiger partial charge in [0.25, 0.3) is 0 Å². The molecule has 1 saturated heterocycles. The van der Waals surface area contributed by atoms with Gasteiger partial charge in [-0.3, -0.25) is 14.9 Å². The zero-order valence-corrected chi connectivity index (χ0v) is 18.0. The molecule has 0 saturated carbocycles. The van der Waals surface area contributed by atoms with Gasteiger partial charge in [0.1, 0.15) is 5.75 Å². The summed E-state index contributed by atoms with van der Waals surface area (Å²) in [5.74, 6) is 0.596. The maximum atomic E-state index is 12.5. The van der Waals surface area contributed by atoms with Crippen molar-refractivity contribution in [3.05, 3.63) is 60.0 Å². The van der Waals surface area contributed by atoms with Crippen molar-refractivity contribution in [2.24, 2.45) is 0 Å². The van der Waals surface area contributed by atoms with E-state index in [1.165, 1.54) is 0 Å². The quantitative estimate of drug-likeness (QED) is 0.564. The molecule has 1 aromatic heterocycles. The summed E-state index contributed by atoms with van der Waals surface area (Å²) in [6, 6.07) is 15.1. The van der Waals surface area contributed by atoms with E-state index >= 15 is 0 Å². The van der Waals surface area contributed by atoms with Gasteiger partial charge in [-0.05, 0) is 48.2 Å². The average molecular weight is 439 g/mol. The summed E-state index contributed by atoms with van der Waals surface area (Å²) in [4.78, 5) is 27.6. The van der Waals surface area contributed by atoms with E-state index < -0.39 is 0 Å². The molecule has 3 aromatic rings. The number of anilines is 2. The van der Waals surface area contributed by atoms with E-state index in [0.717, 1.165) is 21.9 Å². The number of aromatic nitrogens is 2. The molecule has 4 rings (SSSR count). The van der Waals surface area contributed by atoms with Crippen molar-refractivity contribution < 1.29 is 18.7 Å². The van der Waals surface area contributed by atoms with Gasteiger partial charge < -0.3 is 14.1 Å². The third-order valence-corrected chi connectivity index (χ3v) is 5.81. The van der Waals surface area contributed by atoms with Crippen LogP contribution in [0.5, 0.6) is 5.75 Å². The summed E-state index contributed by atoms with van der Waals surface area (Å²) in [7, 11) is 1.59. The molecule has 1 fully saturated rings. The zero-order valence-electron chi connectivity index (χ0n) is 17.2. The number of rotatable bonds is 7. The van der Waals surface area contributed by atoms with Crippen LogP contribution in [0, 0.1) is 0 Å². The van der Waals surface area contributed by atoms with E-state index in [4.69, 9.17) is 9.15 Å². The van der Waals surface area contributed by atoms with Gasteiger partial charge in [0, 0.05) is 23.5 Å².